The number of hydrogen-bond donors (Lipinski definition) is 1. The van der Waals surface area contributed by atoms with Gasteiger partial charge in [-0.1, -0.05) is 0 Å². The van der Waals surface area contributed by atoms with Gasteiger partial charge in [0.2, 0.25) is 0 Å². The van der Waals surface area contributed by atoms with Crippen molar-refractivity contribution in [2.45, 2.75) is 13.5 Å². The third-order valence-corrected chi connectivity index (χ3v) is 3.20. The van der Waals surface area contributed by atoms with Crippen molar-refractivity contribution < 1.29 is 9.53 Å². The first-order valence-electron chi connectivity index (χ1n) is 5.65. The number of thiazole rings is 1. The van der Waals surface area contributed by atoms with E-state index < -0.39 is 0 Å². The summed E-state index contributed by atoms with van der Waals surface area (Å²) >= 11 is 1.31. The summed E-state index contributed by atoms with van der Waals surface area (Å²) in [7, 11) is 0. The van der Waals surface area contributed by atoms with Crippen molar-refractivity contribution in [3.8, 4) is 5.75 Å². The van der Waals surface area contributed by atoms with E-state index in [1.165, 1.54) is 11.3 Å². The fraction of sp³-hybridized carbons (Fsp3) is 0.231. The highest BCUT2D eigenvalue weighted by Crippen LogP contribution is 2.12. The van der Waals surface area contributed by atoms with Gasteiger partial charge in [-0.2, -0.15) is 0 Å². The molecular formula is C13H14N2O2S. The van der Waals surface area contributed by atoms with Crippen molar-refractivity contribution in [2.24, 2.45) is 0 Å². The van der Waals surface area contributed by atoms with Crippen LogP contribution in [0.25, 0.3) is 0 Å². The summed E-state index contributed by atoms with van der Waals surface area (Å²) in [4.78, 5) is 12.4. The summed E-state index contributed by atoms with van der Waals surface area (Å²) in [5.41, 5.74) is 0.636. The molecule has 18 heavy (non-hydrogen) atoms. The van der Waals surface area contributed by atoms with E-state index in [-0.39, 0.29) is 12.3 Å². The summed E-state index contributed by atoms with van der Waals surface area (Å²) in [5.74, 6) is 0.758. The Morgan fingerprint density at radius 3 is 2.67 bits per heavy atom. The lowest BCUT2D eigenvalue weighted by Crippen LogP contribution is -2.18. The van der Waals surface area contributed by atoms with Crippen LogP contribution in [0.15, 0.2) is 35.8 Å². The van der Waals surface area contributed by atoms with Gasteiger partial charge in [0.05, 0.1) is 13.2 Å². The van der Waals surface area contributed by atoms with Gasteiger partial charge in [-0.3, -0.25) is 10.2 Å². The van der Waals surface area contributed by atoms with E-state index >= 15 is 0 Å². The summed E-state index contributed by atoms with van der Waals surface area (Å²) in [6.07, 6.45) is 1.75. The topological polar surface area (TPSA) is 55.1 Å². The fourth-order valence-corrected chi connectivity index (χ4v) is 2.18. The third-order valence-electron chi connectivity index (χ3n) is 2.48. The number of Topliss-reactive ketones (excluding diaryl/α,β-unsaturated/α-hetero) is 1. The molecule has 94 valence electrons. The zero-order valence-corrected chi connectivity index (χ0v) is 10.9. The molecule has 1 aromatic heterocycles. The van der Waals surface area contributed by atoms with Gasteiger partial charge in [0, 0.05) is 17.1 Å². The van der Waals surface area contributed by atoms with E-state index in [1.54, 1.807) is 40.4 Å². The van der Waals surface area contributed by atoms with Gasteiger partial charge in [-0.05, 0) is 31.2 Å². The van der Waals surface area contributed by atoms with Crippen LogP contribution >= 0.6 is 11.3 Å². The lowest BCUT2D eigenvalue weighted by molar-refractivity contribution is 0.0971. The van der Waals surface area contributed by atoms with Crippen LogP contribution in [0.3, 0.4) is 0 Å². The number of rotatable bonds is 5. The first kappa shape index (κ1) is 12.6. The van der Waals surface area contributed by atoms with E-state index in [0.29, 0.717) is 17.0 Å². The van der Waals surface area contributed by atoms with Crippen LogP contribution in [0.5, 0.6) is 5.75 Å². The van der Waals surface area contributed by atoms with Gasteiger partial charge in [-0.15, -0.1) is 11.3 Å². The first-order valence-corrected chi connectivity index (χ1v) is 6.53. The molecule has 4 nitrogen and oxygen atoms in total. The largest absolute Gasteiger partial charge is 0.494 e. The molecular weight excluding hydrogens is 248 g/mol. The molecule has 1 heterocycles. The molecule has 2 aromatic rings. The Balaban J connectivity index is 2.09. The standard InChI is InChI=1S/C13H14N2O2S/c1-2-17-11-5-3-10(4-6-11)12(16)9-15-7-8-18-13(15)14/h3-8,14H,2,9H2,1H3. The van der Waals surface area contributed by atoms with Gasteiger partial charge in [0.1, 0.15) is 5.75 Å². The number of nitrogens with zero attached hydrogens (tertiary/aromatic N) is 1. The molecule has 0 saturated heterocycles. The van der Waals surface area contributed by atoms with Crippen LogP contribution in [0, 0.1) is 5.41 Å². The molecule has 5 heteroatoms. The molecule has 0 atom stereocenters. The Morgan fingerprint density at radius 2 is 2.11 bits per heavy atom. The number of carbonyl (C=O) groups is 1. The lowest BCUT2D eigenvalue weighted by atomic mass is 10.1. The molecule has 0 saturated carbocycles. The molecule has 2 rings (SSSR count). The normalized spacial score (nSPS) is 10.3. The predicted molar refractivity (Wildman–Crippen MR) is 70.1 cm³/mol. The SMILES string of the molecule is CCOc1ccc(C(=O)Cn2ccsc2=N)cc1. The maximum atomic E-state index is 12.0. The van der Waals surface area contributed by atoms with Crippen LogP contribution in [0.4, 0.5) is 0 Å². The molecule has 1 aromatic carbocycles. The zero-order valence-electron chi connectivity index (χ0n) is 10.1. The molecule has 1 N–H and O–H groups in total. The van der Waals surface area contributed by atoms with Crippen LogP contribution in [0.1, 0.15) is 17.3 Å². The van der Waals surface area contributed by atoms with Gasteiger partial charge in [-0.25, -0.2) is 0 Å². The van der Waals surface area contributed by atoms with Crippen molar-refractivity contribution >= 4 is 17.1 Å². The summed E-state index contributed by atoms with van der Waals surface area (Å²) in [6, 6.07) is 7.08. The Kier molecular flexibility index (Phi) is 3.94. The quantitative estimate of drug-likeness (QED) is 0.841. The van der Waals surface area contributed by atoms with E-state index in [1.807, 2.05) is 6.92 Å². The number of ether oxygens (including phenoxy) is 1. The third kappa shape index (κ3) is 2.87. The maximum Gasteiger partial charge on any atom is 0.182 e. The van der Waals surface area contributed by atoms with Crippen LogP contribution in [-0.4, -0.2) is 17.0 Å². The minimum absolute atomic E-state index is 0.00468. The van der Waals surface area contributed by atoms with Crippen molar-refractivity contribution in [1.82, 2.24) is 4.57 Å². The minimum atomic E-state index is -0.00468. The Hall–Kier alpha value is -1.88. The lowest BCUT2D eigenvalue weighted by Gasteiger charge is -2.05. The molecule has 0 fully saturated rings. The summed E-state index contributed by atoms with van der Waals surface area (Å²) in [6.45, 7) is 2.73. The van der Waals surface area contributed by atoms with Crippen molar-refractivity contribution in [2.75, 3.05) is 6.61 Å². The van der Waals surface area contributed by atoms with Crippen LogP contribution in [0.2, 0.25) is 0 Å². The Morgan fingerprint density at radius 1 is 1.39 bits per heavy atom. The molecule has 0 radical (unpaired) electrons. The van der Waals surface area contributed by atoms with Crippen LogP contribution in [-0.2, 0) is 6.54 Å². The van der Waals surface area contributed by atoms with Gasteiger partial charge < -0.3 is 9.30 Å². The molecule has 0 unspecified atom stereocenters. The van der Waals surface area contributed by atoms with E-state index in [0.717, 1.165) is 5.75 Å². The van der Waals surface area contributed by atoms with Crippen molar-refractivity contribution in [1.29, 1.82) is 5.41 Å². The van der Waals surface area contributed by atoms with E-state index in [9.17, 15) is 4.79 Å². The number of aromatic nitrogens is 1. The zero-order chi connectivity index (χ0) is 13.0. The van der Waals surface area contributed by atoms with Gasteiger partial charge >= 0.3 is 0 Å². The molecule has 0 aliphatic rings. The number of carbonyl (C=O) groups excluding carboxylic acids is 1. The van der Waals surface area contributed by atoms with Crippen LogP contribution < -0.4 is 9.54 Å². The Labute approximate surface area is 109 Å². The first-order chi connectivity index (χ1) is 8.70. The van der Waals surface area contributed by atoms with Crippen molar-refractivity contribution in [3.05, 3.63) is 46.2 Å². The second-order valence-corrected chi connectivity index (χ2v) is 4.61. The molecule has 0 amide bonds. The highest BCUT2D eigenvalue weighted by molar-refractivity contribution is 7.06. The van der Waals surface area contributed by atoms with E-state index in [2.05, 4.69) is 0 Å². The summed E-state index contributed by atoms with van der Waals surface area (Å²) < 4.78 is 6.95. The van der Waals surface area contributed by atoms with Gasteiger partial charge in [0.15, 0.2) is 10.6 Å². The number of hydrogen-bond acceptors (Lipinski definition) is 4. The highest BCUT2D eigenvalue weighted by atomic mass is 32.1. The van der Waals surface area contributed by atoms with E-state index in [4.69, 9.17) is 10.1 Å². The highest BCUT2D eigenvalue weighted by Gasteiger charge is 2.07. The minimum Gasteiger partial charge on any atom is -0.494 e. The number of ketones is 1. The molecule has 0 bridgehead atoms. The monoisotopic (exact) mass is 262 g/mol. The second-order valence-electron chi connectivity index (χ2n) is 3.72. The molecule has 0 spiro atoms. The van der Waals surface area contributed by atoms with Crippen molar-refractivity contribution in [3.63, 3.8) is 0 Å². The number of nitrogens with one attached hydrogen (secondary N) is 1. The average molecular weight is 262 g/mol. The molecule has 0 aliphatic carbocycles. The van der Waals surface area contributed by atoms with Gasteiger partial charge in [0.25, 0.3) is 0 Å². The number of benzene rings is 1. The fourth-order valence-electron chi connectivity index (χ4n) is 1.58. The molecule has 0 aliphatic heterocycles. The average Bonchev–Trinajstić information content (AvgIpc) is 2.76. The smallest absolute Gasteiger partial charge is 0.182 e. The summed E-state index contributed by atoms with van der Waals surface area (Å²) in [5, 5.41) is 9.40. The predicted octanol–water partition coefficient (Wildman–Crippen LogP) is 2.31. The Bertz CT molecular complexity index is 584. The maximum absolute atomic E-state index is 12.0. The second kappa shape index (κ2) is 5.64.